The first-order valence-corrected chi connectivity index (χ1v) is 16.8. The van der Waals surface area contributed by atoms with E-state index in [2.05, 4.69) is 62.5 Å². The average molecular weight is 600 g/mol. The maximum Gasteiger partial charge on any atom is 0.306 e. The Bertz CT molecular complexity index is 802. The summed E-state index contributed by atoms with van der Waals surface area (Å²) in [5, 5.41) is 0. The highest BCUT2D eigenvalue weighted by Gasteiger charge is 2.20. The number of carbonyl (C=O) groups is 1. The number of esters is 1. The molecule has 0 N–H and O–H groups in total. The molecular formula is C32H58NO7P. The van der Waals surface area contributed by atoms with Gasteiger partial charge in [0.15, 0.2) is 0 Å². The Labute approximate surface area is 250 Å². The number of carbonyl (C=O) groups excluding carboxylic acids is 1. The minimum absolute atomic E-state index is 0.0170. The summed E-state index contributed by atoms with van der Waals surface area (Å²) >= 11 is 0. The monoisotopic (exact) mass is 599 g/mol. The van der Waals surface area contributed by atoms with Crippen LogP contribution in [0.2, 0.25) is 0 Å². The number of phosphoric acid groups is 1. The number of rotatable bonds is 27. The Morgan fingerprint density at radius 3 is 2.02 bits per heavy atom. The molecule has 0 aromatic rings. The van der Waals surface area contributed by atoms with Crippen molar-refractivity contribution in [2.24, 2.45) is 0 Å². The number of hydrogen-bond donors (Lipinski definition) is 0. The summed E-state index contributed by atoms with van der Waals surface area (Å²) in [5.74, 6) is -0.375. The van der Waals surface area contributed by atoms with Gasteiger partial charge in [-0.3, -0.25) is 9.36 Å². The number of unbranched alkanes of at least 4 members (excludes halogenated alkanes) is 5. The molecule has 2 unspecified atom stereocenters. The summed E-state index contributed by atoms with van der Waals surface area (Å²) in [6.45, 7) is 4.99. The van der Waals surface area contributed by atoms with E-state index in [1.807, 2.05) is 21.1 Å². The third kappa shape index (κ3) is 29.7. The quantitative estimate of drug-likeness (QED) is 0.0328. The second-order valence-corrected chi connectivity index (χ2v) is 12.5. The van der Waals surface area contributed by atoms with E-state index in [0.717, 1.165) is 70.6 Å². The molecule has 0 bridgehead atoms. The SMILES string of the molecule is CC/C=C\C/C=C\C/C=C\C/C=C\CCCCCOCC(COP(=O)([O-])OCC[N+](C)(C)C)OC(=O)CCCCC. The van der Waals surface area contributed by atoms with Gasteiger partial charge in [0.1, 0.15) is 19.3 Å². The first kappa shape index (κ1) is 39.5. The molecular weight excluding hydrogens is 541 g/mol. The van der Waals surface area contributed by atoms with Crippen LogP contribution in [0.4, 0.5) is 0 Å². The van der Waals surface area contributed by atoms with E-state index in [4.69, 9.17) is 18.5 Å². The lowest BCUT2D eigenvalue weighted by molar-refractivity contribution is -0.870. The van der Waals surface area contributed by atoms with E-state index in [9.17, 15) is 14.3 Å². The van der Waals surface area contributed by atoms with Gasteiger partial charge >= 0.3 is 5.97 Å². The van der Waals surface area contributed by atoms with Crippen molar-refractivity contribution in [3.63, 3.8) is 0 Å². The third-order valence-electron chi connectivity index (χ3n) is 5.89. The molecule has 0 aliphatic rings. The van der Waals surface area contributed by atoms with Crippen LogP contribution in [0.3, 0.4) is 0 Å². The molecule has 0 aliphatic carbocycles. The van der Waals surface area contributed by atoms with Crippen molar-refractivity contribution in [1.29, 1.82) is 0 Å². The van der Waals surface area contributed by atoms with E-state index >= 15 is 0 Å². The zero-order valence-corrected chi connectivity index (χ0v) is 27.4. The average Bonchev–Trinajstić information content (AvgIpc) is 2.90. The van der Waals surface area contributed by atoms with Crippen molar-refractivity contribution in [2.75, 3.05) is 54.1 Å². The summed E-state index contributed by atoms with van der Waals surface area (Å²) in [6.07, 6.45) is 27.7. The molecule has 0 amide bonds. The Balaban J connectivity index is 4.23. The normalized spacial score (nSPS) is 15.0. The van der Waals surface area contributed by atoms with Gasteiger partial charge in [0.05, 0.1) is 34.4 Å². The molecule has 0 heterocycles. The zero-order valence-electron chi connectivity index (χ0n) is 26.5. The lowest BCUT2D eigenvalue weighted by atomic mass is 10.2. The fourth-order valence-electron chi connectivity index (χ4n) is 3.47. The molecule has 0 spiro atoms. The summed E-state index contributed by atoms with van der Waals surface area (Å²) in [4.78, 5) is 24.3. The van der Waals surface area contributed by atoms with E-state index < -0.39 is 13.9 Å². The topological polar surface area (TPSA) is 94.1 Å². The van der Waals surface area contributed by atoms with Gasteiger partial charge in [-0.1, -0.05) is 81.7 Å². The predicted molar refractivity (Wildman–Crippen MR) is 166 cm³/mol. The van der Waals surface area contributed by atoms with Crippen molar-refractivity contribution < 1.29 is 37.3 Å². The second-order valence-electron chi connectivity index (χ2n) is 11.1. The lowest BCUT2D eigenvalue weighted by Gasteiger charge is -2.28. The first-order valence-electron chi connectivity index (χ1n) is 15.4. The molecule has 8 nitrogen and oxygen atoms in total. The van der Waals surface area contributed by atoms with Gasteiger partial charge in [-0.05, 0) is 51.4 Å². The van der Waals surface area contributed by atoms with Gasteiger partial charge in [-0.2, -0.15) is 0 Å². The summed E-state index contributed by atoms with van der Waals surface area (Å²) in [7, 11) is 1.32. The largest absolute Gasteiger partial charge is 0.756 e. The van der Waals surface area contributed by atoms with E-state index in [0.29, 0.717) is 17.6 Å². The Morgan fingerprint density at radius 2 is 1.41 bits per heavy atom. The highest BCUT2D eigenvalue weighted by atomic mass is 31.2. The highest BCUT2D eigenvalue weighted by Crippen LogP contribution is 2.38. The summed E-state index contributed by atoms with van der Waals surface area (Å²) in [6, 6.07) is 0. The molecule has 0 aromatic carbocycles. The second kappa shape index (κ2) is 26.1. The zero-order chi connectivity index (χ0) is 30.7. The molecule has 41 heavy (non-hydrogen) atoms. The predicted octanol–water partition coefficient (Wildman–Crippen LogP) is 7.07. The number of hydrogen-bond acceptors (Lipinski definition) is 7. The van der Waals surface area contributed by atoms with Crippen LogP contribution in [0, 0.1) is 0 Å². The number of quaternary nitrogens is 1. The molecule has 2 atom stereocenters. The van der Waals surface area contributed by atoms with Gasteiger partial charge < -0.3 is 27.9 Å². The molecule has 0 saturated carbocycles. The van der Waals surface area contributed by atoms with Crippen molar-refractivity contribution in [3.8, 4) is 0 Å². The van der Waals surface area contributed by atoms with Crippen LogP contribution in [0.1, 0.15) is 90.9 Å². The van der Waals surface area contributed by atoms with Crippen molar-refractivity contribution in [2.45, 2.75) is 97.0 Å². The van der Waals surface area contributed by atoms with Crippen molar-refractivity contribution >= 4 is 13.8 Å². The van der Waals surface area contributed by atoms with Crippen LogP contribution < -0.4 is 4.89 Å². The maximum absolute atomic E-state index is 12.2. The molecule has 0 aliphatic heterocycles. The standard InChI is InChI=1S/C32H58NO7P/c1-6-8-10-11-12-13-14-15-16-17-18-19-20-21-22-24-27-37-29-31(40-32(34)25-23-9-7-2)30-39-41(35,36)38-28-26-33(3,4)5/h8,10,12-13,15-16,18-19,31H,6-7,9,11,14,17,20-30H2,1-5H3/b10-8-,13-12-,16-15-,19-18-. The summed E-state index contributed by atoms with van der Waals surface area (Å²) in [5.41, 5.74) is 0. The Morgan fingerprint density at radius 1 is 0.780 bits per heavy atom. The lowest BCUT2D eigenvalue weighted by Crippen LogP contribution is -2.37. The fraction of sp³-hybridized carbons (Fsp3) is 0.719. The van der Waals surface area contributed by atoms with Gasteiger partial charge in [0.2, 0.25) is 0 Å². The smallest absolute Gasteiger partial charge is 0.306 e. The summed E-state index contributed by atoms with van der Waals surface area (Å²) < 4.78 is 33.8. The minimum Gasteiger partial charge on any atom is -0.756 e. The van der Waals surface area contributed by atoms with E-state index in [-0.39, 0.29) is 32.2 Å². The van der Waals surface area contributed by atoms with Crippen LogP contribution in [0.15, 0.2) is 48.6 Å². The van der Waals surface area contributed by atoms with Crippen LogP contribution in [-0.4, -0.2) is 70.7 Å². The number of likely N-dealkylation sites (N-methyl/N-ethyl adjacent to an activating group) is 1. The van der Waals surface area contributed by atoms with Gasteiger partial charge in [-0.15, -0.1) is 0 Å². The van der Waals surface area contributed by atoms with Crippen LogP contribution in [-0.2, 0) is 27.9 Å². The number of allylic oxidation sites excluding steroid dienone is 8. The van der Waals surface area contributed by atoms with E-state index in [1.165, 1.54) is 0 Å². The fourth-order valence-corrected chi connectivity index (χ4v) is 4.20. The Hall–Kier alpha value is -1.54. The highest BCUT2D eigenvalue weighted by molar-refractivity contribution is 7.45. The van der Waals surface area contributed by atoms with Gasteiger partial charge in [0, 0.05) is 13.0 Å². The number of phosphoric ester groups is 1. The van der Waals surface area contributed by atoms with Crippen molar-refractivity contribution in [3.05, 3.63) is 48.6 Å². The third-order valence-corrected chi connectivity index (χ3v) is 6.86. The van der Waals surface area contributed by atoms with Crippen LogP contribution in [0.25, 0.3) is 0 Å². The van der Waals surface area contributed by atoms with Gasteiger partial charge in [0.25, 0.3) is 7.82 Å². The van der Waals surface area contributed by atoms with Crippen LogP contribution >= 0.6 is 7.82 Å². The van der Waals surface area contributed by atoms with Crippen LogP contribution in [0.5, 0.6) is 0 Å². The molecule has 0 saturated heterocycles. The van der Waals surface area contributed by atoms with Gasteiger partial charge in [-0.25, -0.2) is 0 Å². The van der Waals surface area contributed by atoms with E-state index in [1.54, 1.807) is 0 Å². The molecule has 0 radical (unpaired) electrons. The maximum atomic E-state index is 12.2. The first-order chi connectivity index (χ1) is 19.6. The molecule has 0 rings (SSSR count). The molecule has 238 valence electrons. The molecule has 0 aromatic heterocycles. The Kier molecular flexibility index (Phi) is 25.1. The molecule has 9 heteroatoms. The van der Waals surface area contributed by atoms with Crippen molar-refractivity contribution in [1.82, 2.24) is 0 Å². The number of ether oxygens (including phenoxy) is 2. The number of nitrogens with zero attached hydrogens (tertiary/aromatic N) is 1. The molecule has 0 fully saturated rings. The minimum atomic E-state index is -4.50.